The third-order valence-corrected chi connectivity index (χ3v) is 5.89. The minimum Gasteiger partial charge on any atom is -0.311 e. The molecule has 0 heterocycles. The van der Waals surface area contributed by atoms with Crippen LogP contribution in [0.15, 0.2) is 0 Å². The van der Waals surface area contributed by atoms with Crippen molar-refractivity contribution in [2.75, 3.05) is 0 Å². The molecule has 0 aromatic rings. The fourth-order valence-electron chi connectivity index (χ4n) is 4.25. The van der Waals surface area contributed by atoms with Crippen LogP contribution in [0.2, 0.25) is 0 Å². The highest BCUT2D eigenvalue weighted by Crippen LogP contribution is 2.40. The highest BCUT2D eigenvalue weighted by atomic mass is 15.0. The Hall–Kier alpha value is -0.0400. The van der Waals surface area contributed by atoms with Crippen molar-refractivity contribution in [3.05, 3.63) is 0 Å². The molecule has 0 amide bonds. The van der Waals surface area contributed by atoms with Crippen molar-refractivity contribution in [2.24, 2.45) is 16.7 Å². The van der Waals surface area contributed by atoms with Crippen molar-refractivity contribution in [3.8, 4) is 0 Å². The molecule has 0 radical (unpaired) electrons. The molecule has 1 nitrogen and oxygen atoms in total. The van der Waals surface area contributed by atoms with Crippen LogP contribution in [-0.2, 0) is 0 Å². The van der Waals surface area contributed by atoms with E-state index in [-0.39, 0.29) is 0 Å². The number of hydrogen-bond acceptors (Lipinski definition) is 1. The van der Waals surface area contributed by atoms with E-state index in [0.29, 0.717) is 10.8 Å². The summed E-state index contributed by atoms with van der Waals surface area (Å²) < 4.78 is 0. The Bertz CT molecular complexity index is 287. The van der Waals surface area contributed by atoms with Gasteiger partial charge in [-0.15, -0.1) is 0 Å². The predicted molar refractivity (Wildman–Crippen MR) is 84.4 cm³/mol. The van der Waals surface area contributed by atoms with Gasteiger partial charge in [-0.2, -0.15) is 0 Å². The van der Waals surface area contributed by atoms with Crippen molar-refractivity contribution < 1.29 is 0 Å². The van der Waals surface area contributed by atoms with Gasteiger partial charge in [0.1, 0.15) is 0 Å². The average Bonchev–Trinajstić information content (AvgIpc) is 2.51. The number of rotatable bonds is 2. The monoisotopic (exact) mass is 265 g/mol. The fourth-order valence-corrected chi connectivity index (χ4v) is 4.25. The van der Waals surface area contributed by atoms with E-state index in [9.17, 15) is 0 Å². The summed E-state index contributed by atoms with van der Waals surface area (Å²) >= 11 is 0. The van der Waals surface area contributed by atoms with Gasteiger partial charge in [-0.1, -0.05) is 47.5 Å². The predicted octanol–water partition coefficient (Wildman–Crippen LogP) is 5.15. The van der Waals surface area contributed by atoms with Crippen molar-refractivity contribution in [1.82, 2.24) is 5.32 Å². The smallest absolute Gasteiger partial charge is 0.0121 e. The molecule has 1 heteroatoms. The molecule has 2 aliphatic rings. The first-order valence-corrected chi connectivity index (χ1v) is 8.55. The molecular formula is C18H35N. The minimum atomic E-state index is 0.502. The standard InChI is InChI=1S/C18H35N/c1-17(2,3)14-8-6-9-15(12-11-14)19-16-10-7-13-18(16,4)5/h14-16,19H,6-13H2,1-5H3. The molecule has 0 bridgehead atoms. The second-order valence-corrected chi connectivity index (χ2v) is 8.87. The number of hydrogen-bond donors (Lipinski definition) is 1. The minimum absolute atomic E-state index is 0.502. The van der Waals surface area contributed by atoms with Gasteiger partial charge in [-0.3, -0.25) is 0 Å². The third-order valence-electron chi connectivity index (χ3n) is 5.89. The topological polar surface area (TPSA) is 12.0 Å². The van der Waals surface area contributed by atoms with Gasteiger partial charge in [0, 0.05) is 12.1 Å². The Labute approximate surface area is 120 Å². The van der Waals surface area contributed by atoms with Crippen LogP contribution < -0.4 is 5.32 Å². The maximum Gasteiger partial charge on any atom is 0.0121 e. The van der Waals surface area contributed by atoms with Gasteiger partial charge in [0.05, 0.1) is 0 Å². The molecule has 0 aromatic carbocycles. The summed E-state index contributed by atoms with van der Waals surface area (Å²) in [5, 5.41) is 4.02. The Morgan fingerprint density at radius 1 is 0.895 bits per heavy atom. The highest BCUT2D eigenvalue weighted by Gasteiger charge is 2.36. The molecule has 3 unspecified atom stereocenters. The van der Waals surface area contributed by atoms with Crippen molar-refractivity contribution in [1.29, 1.82) is 0 Å². The van der Waals surface area contributed by atoms with Crippen LogP contribution in [0.3, 0.4) is 0 Å². The third kappa shape index (κ3) is 3.97. The lowest BCUT2D eigenvalue weighted by Gasteiger charge is -2.32. The summed E-state index contributed by atoms with van der Waals surface area (Å²) in [5.41, 5.74) is 1.03. The Kier molecular flexibility index (Phi) is 4.65. The lowest BCUT2D eigenvalue weighted by molar-refractivity contribution is 0.210. The van der Waals surface area contributed by atoms with Crippen molar-refractivity contribution in [2.45, 2.75) is 98.1 Å². The zero-order valence-corrected chi connectivity index (χ0v) is 13.9. The summed E-state index contributed by atoms with van der Waals surface area (Å²) in [6, 6.07) is 1.55. The Balaban J connectivity index is 1.86. The molecule has 2 saturated carbocycles. The molecule has 2 aliphatic carbocycles. The summed E-state index contributed by atoms with van der Waals surface area (Å²) in [5.74, 6) is 0.927. The zero-order valence-electron chi connectivity index (χ0n) is 13.9. The van der Waals surface area contributed by atoms with Crippen LogP contribution in [0, 0.1) is 16.7 Å². The van der Waals surface area contributed by atoms with Gasteiger partial charge in [0.2, 0.25) is 0 Å². The molecule has 0 aliphatic heterocycles. The molecule has 2 fully saturated rings. The fraction of sp³-hybridized carbons (Fsp3) is 1.00. The zero-order chi connectivity index (χ0) is 14.1. The first-order valence-electron chi connectivity index (χ1n) is 8.55. The highest BCUT2D eigenvalue weighted by molar-refractivity contribution is 4.93. The normalized spacial score (nSPS) is 36.2. The summed E-state index contributed by atoms with van der Waals surface area (Å²) in [7, 11) is 0. The molecule has 3 atom stereocenters. The van der Waals surface area contributed by atoms with Crippen LogP contribution in [0.25, 0.3) is 0 Å². The van der Waals surface area contributed by atoms with Gasteiger partial charge in [-0.05, 0) is 55.3 Å². The van der Waals surface area contributed by atoms with E-state index < -0.39 is 0 Å². The van der Waals surface area contributed by atoms with E-state index in [1.54, 1.807) is 0 Å². The van der Waals surface area contributed by atoms with Crippen molar-refractivity contribution >= 4 is 0 Å². The number of nitrogens with one attached hydrogen (secondary N) is 1. The lowest BCUT2D eigenvalue weighted by Crippen LogP contribution is -2.43. The van der Waals surface area contributed by atoms with E-state index >= 15 is 0 Å². The molecule has 1 N–H and O–H groups in total. The molecule has 0 saturated heterocycles. The molecule has 19 heavy (non-hydrogen) atoms. The van der Waals surface area contributed by atoms with E-state index in [1.165, 1.54) is 51.4 Å². The van der Waals surface area contributed by atoms with Gasteiger partial charge in [0.25, 0.3) is 0 Å². The second kappa shape index (κ2) is 5.76. The van der Waals surface area contributed by atoms with Crippen LogP contribution >= 0.6 is 0 Å². The summed E-state index contributed by atoms with van der Waals surface area (Å²) in [4.78, 5) is 0. The molecule has 2 rings (SSSR count). The summed E-state index contributed by atoms with van der Waals surface area (Å²) in [6.45, 7) is 12.2. The summed E-state index contributed by atoms with van der Waals surface area (Å²) in [6.07, 6.45) is 11.3. The van der Waals surface area contributed by atoms with Gasteiger partial charge < -0.3 is 5.32 Å². The molecular weight excluding hydrogens is 230 g/mol. The first kappa shape index (κ1) is 15.4. The average molecular weight is 265 g/mol. The van der Waals surface area contributed by atoms with E-state index in [1.807, 2.05) is 0 Å². The van der Waals surface area contributed by atoms with Crippen LogP contribution in [-0.4, -0.2) is 12.1 Å². The Morgan fingerprint density at radius 2 is 1.63 bits per heavy atom. The van der Waals surface area contributed by atoms with Crippen molar-refractivity contribution in [3.63, 3.8) is 0 Å². The molecule has 0 aromatic heterocycles. The largest absolute Gasteiger partial charge is 0.311 e. The van der Waals surface area contributed by atoms with E-state index in [0.717, 1.165) is 18.0 Å². The second-order valence-electron chi connectivity index (χ2n) is 8.87. The van der Waals surface area contributed by atoms with Crippen LogP contribution in [0.5, 0.6) is 0 Å². The SMILES string of the molecule is CC(C)(C)C1CCCC(NC2CCCC2(C)C)CC1. The van der Waals surface area contributed by atoms with E-state index in [2.05, 4.69) is 39.9 Å². The quantitative estimate of drug-likeness (QED) is 0.681. The van der Waals surface area contributed by atoms with Gasteiger partial charge in [0.15, 0.2) is 0 Å². The molecule has 112 valence electrons. The maximum absolute atomic E-state index is 4.02. The maximum atomic E-state index is 4.02. The Morgan fingerprint density at radius 3 is 2.21 bits per heavy atom. The van der Waals surface area contributed by atoms with E-state index in [4.69, 9.17) is 0 Å². The van der Waals surface area contributed by atoms with Crippen LogP contribution in [0.1, 0.15) is 86.0 Å². The van der Waals surface area contributed by atoms with Crippen LogP contribution in [0.4, 0.5) is 0 Å². The van der Waals surface area contributed by atoms with Gasteiger partial charge in [-0.25, -0.2) is 0 Å². The van der Waals surface area contributed by atoms with Gasteiger partial charge >= 0.3 is 0 Å². The molecule has 0 spiro atoms. The lowest BCUT2D eigenvalue weighted by atomic mass is 9.76. The first-order chi connectivity index (χ1) is 8.79.